The number of nitrogens with two attached hydrogens (primary N) is 1. The number of hydrogen-bond donors (Lipinski definition) is 1. The van der Waals surface area contributed by atoms with Gasteiger partial charge in [-0.1, -0.05) is 47.0 Å². The maximum Gasteiger partial charge on any atom is 0.0122 e. The summed E-state index contributed by atoms with van der Waals surface area (Å²) in [5.74, 6) is 5.45. The van der Waals surface area contributed by atoms with Gasteiger partial charge in [0.15, 0.2) is 0 Å². The molecule has 2 heteroatoms. The predicted octanol–water partition coefficient (Wildman–Crippen LogP) is 4.54. The predicted molar refractivity (Wildman–Crippen MR) is 94.7 cm³/mol. The molecule has 2 atom stereocenters. The zero-order valence-corrected chi connectivity index (χ0v) is 15.4. The molecule has 1 heterocycles. The molecule has 1 nitrogen and oxygen atoms in total. The molecule has 0 spiro atoms. The molecule has 19 heavy (non-hydrogen) atoms. The van der Waals surface area contributed by atoms with E-state index in [-0.39, 0.29) is 0 Å². The van der Waals surface area contributed by atoms with Gasteiger partial charge in [-0.2, -0.15) is 0 Å². The first-order valence-electron chi connectivity index (χ1n) is 8.11. The van der Waals surface area contributed by atoms with Crippen LogP contribution >= 0.6 is 8.29 Å². The van der Waals surface area contributed by atoms with Crippen LogP contribution in [0.3, 0.4) is 0 Å². The third-order valence-corrected chi connectivity index (χ3v) is 11.4. The molecular weight excluding hydrogens is 250 g/mol. The summed E-state index contributed by atoms with van der Waals surface area (Å²) in [6, 6.07) is 0. The summed E-state index contributed by atoms with van der Waals surface area (Å²) in [6.45, 7) is 9.74. The molecule has 1 rings (SSSR count). The second-order valence-corrected chi connectivity index (χ2v) is 19.7. The van der Waals surface area contributed by atoms with E-state index >= 15 is 0 Å². The quantitative estimate of drug-likeness (QED) is 0.790. The van der Waals surface area contributed by atoms with Crippen molar-refractivity contribution >= 4 is 8.29 Å². The van der Waals surface area contributed by atoms with Crippen molar-refractivity contribution in [1.82, 2.24) is 0 Å². The molecule has 0 saturated carbocycles. The molecular formula is C17H39NS. The topological polar surface area (TPSA) is 26.0 Å². The molecule has 0 aromatic carbocycles. The minimum Gasteiger partial charge on any atom is -0.324 e. The van der Waals surface area contributed by atoms with E-state index in [2.05, 4.69) is 46.5 Å². The first-order valence-corrected chi connectivity index (χ1v) is 12.3. The van der Waals surface area contributed by atoms with E-state index in [9.17, 15) is 0 Å². The van der Waals surface area contributed by atoms with Crippen molar-refractivity contribution in [3.8, 4) is 0 Å². The second-order valence-electron chi connectivity index (χ2n) is 9.79. The summed E-state index contributed by atoms with van der Waals surface area (Å²) in [7, 11) is -2.01. The van der Waals surface area contributed by atoms with Gasteiger partial charge in [0.1, 0.15) is 0 Å². The van der Waals surface area contributed by atoms with Crippen molar-refractivity contribution in [2.45, 2.75) is 53.4 Å². The standard InChI is InChI=1S/C17H39NS/c1-8-10-15(9-2)16-11-12-19(5,6,7,14-18)13-17(16,3)4/h15-16H,8-14,18H2,1-7H3. The Labute approximate surface area is 121 Å². The van der Waals surface area contributed by atoms with Gasteiger partial charge in [-0.15, -0.1) is 0 Å². The first-order chi connectivity index (χ1) is 8.41. The van der Waals surface area contributed by atoms with Crippen LogP contribution in [0.4, 0.5) is 0 Å². The average molecular weight is 290 g/mol. The van der Waals surface area contributed by atoms with Crippen LogP contribution in [0.15, 0.2) is 0 Å². The fourth-order valence-corrected chi connectivity index (χ4v) is 10.2. The molecule has 1 aliphatic heterocycles. The highest BCUT2D eigenvalue weighted by molar-refractivity contribution is 8.63. The Morgan fingerprint density at radius 3 is 2.16 bits per heavy atom. The normalized spacial score (nSPS) is 36.3. The molecule has 0 radical (unpaired) electrons. The van der Waals surface area contributed by atoms with E-state index in [1.165, 1.54) is 37.2 Å². The Morgan fingerprint density at radius 1 is 1.21 bits per heavy atom. The summed E-state index contributed by atoms with van der Waals surface area (Å²) in [5, 5.41) is 0. The minimum absolute atomic E-state index is 0.452. The third kappa shape index (κ3) is 3.69. The number of hydrogen-bond acceptors (Lipinski definition) is 1. The van der Waals surface area contributed by atoms with Crippen LogP contribution in [0.1, 0.15) is 53.4 Å². The van der Waals surface area contributed by atoms with Crippen molar-refractivity contribution in [2.75, 3.05) is 36.1 Å². The maximum atomic E-state index is 6.29. The monoisotopic (exact) mass is 289 g/mol. The maximum absolute atomic E-state index is 6.29. The van der Waals surface area contributed by atoms with Crippen LogP contribution in [-0.4, -0.2) is 36.1 Å². The lowest BCUT2D eigenvalue weighted by Crippen LogP contribution is -2.56. The highest BCUT2D eigenvalue weighted by Gasteiger charge is 2.56. The van der Waals surface area contributed by atoms with Crippen LogP contribution in [0.25, 0.3) is 0 Å². The molecule has 0 amide bonds. The molecule has 118 valence electrons. The van der Waals surface area contributed by atoms with Crippen molar-refractivity contribution in [2.24, 2.45) is 23.0 Å². The van der Waals surface area contributed by atoms with Crippen LogP contribution < -0.4 is 5.73 Å². The second kappa shape index (κ2) is 4.66. The lowest BCUT2D eigenvalue weighted by Gasteiger charge is -2.77. The van der Waals surface area contributed by atoms with E-state index < -0.39 is 8.29 Å². The van der Waals surface area contributed by atoms with Gasteiger partial charge >= 0.3 is 0 Å². The molecule has 1 saturated heterocycles. The Bertz CT molecular complexity index is 334. The Kier molecular flexibility index (Phi) is 4.26. The summed E-state index contributed by atoms with van der Waals surface area (Å²) in [4.78, 5) is 0. The molecule has 0 aromatic rings. The Morgan fingerprint density at radius 2 is 1.79 bits per heavy atom. The van der Waals surface area contributed by atoms with Crippen molar-refractivity contribution in [1.29, 1.82) is 0 Å². The fourth-order valence-electron chi connectivity index (χ4n) is 4.94. The van der Waals surface area contributed by atoms with Crippen LogP contribution in [-0.2, 0) is 0 Å². The highest BCUT2D eigenvalue weighted by Crippen LogP contribution is 2.84. The van der Waals surface area contributed by atoms with E-state index in [0.29, 0.717) is 5.41 Å². The lowest BCUT2D eigenvalue weighted by atomic mass is 9.69. The molecule has 2 N–H and O–H groups in total. The molecule has 0 aliphatic carbocycles. The zero-order valence-electron chi connectivity index (χ0n) is 14.6. The molecule has 0 bridgehead atoms. The van der Waals surface area contributed by atoms with Gasteiger partial charge in [0.2, 0.25) is 0 Å². The third-order valence-electron chi connectivity index (χ3n) is 5.83. The Hall–Kier alpha value is 0.310. The van der Waals surface area contributed by atoms with Gasteiger partial charge in [-0.3, -0.25) is 8.29 Å². The van der Waals surface area contributed by atoms with E-state index in [4.69, 9.17) is 5.73 Å². The van der Waals surface area contributed by atoms with Gasteiger partial charge in [-0.05, 0) is 53.9 Å². The summed E-state index contributed by atoms with van der Waals surface area (Å²) in [5.41, 5.74) is 6.74. The van der Waals surface area contributed by atoms with E-state index in [1.807, 2.05) is 0 Å². The fraction of sp³-hybridized carbons (Fsp3) is 1.00. The van der Waals surface area contributed by atoms with E-state index in [0.717, 1.165) is 17.7 Å². The first kappa shape index (κ1) is 17.4. The molecule has 1 aliphatic rings. The average Bonchev–Trinajstić information content (AvgIpc) is 2.25. The molecule has 0 aromatic heterocycles. The summed E-state index contributed by atoms with van der Waals surface area (Å²) >= 11 is 0. The SMILES string of the molecule is CCCC(CC)C1CCS(C)(C)(C)(CN)CC1(C)C. The van der Waals surface area contributed by atoms with Gasteiger partial charge < -0.3 is 5.73 Å². The minimum atomic E-state index is -2.01. The lowest BCUT2D eigenvalue weighted by molar-refractivity contribution is 0.135. The van der Waals surface area contributed by atoms with Crippen LogP contribution in [0.5, 0.6) is 0 Å². The van der Waals surface area contributed by atoms with Crippen molar-refractivity contribution in [3.63, 3.8) is 0 Å². The zero-order chi connectivity index (χ0) is 15.0. The van der Waals surface area contributed by atoms with Crippen molar-refractivity contribution < 1.29 is 0 Å². The van der Waals surface area contributed by atoms with Crippen LogP contribution in [0.2, 0.25) is 0 Å². The smallest absolute Gasteiger partial charge is 0.0122 e. The van der Waals surface area contributed by atoms with Crippen LogP contribution in [0, 0.1) is 17.3 Å². The van der Waals surface area contributed by atoms with Gasteiger partial charge in [0, 0.05) is 5.88 Å². The molecule has 2 unspecified atom stereocenters. The van der Waals surface area contributed by atoms with Crippen molar-refractivity contribution in [3.05, 3.63) is 0 Å². The van der Waals surface area contributed by atoms with E-state index in [1.54, 1.807) is 0 Å². The highest BCUT2D eigenvalue weighted by atomic mass is 32.4. The molecule has 1 fully saturated rings. The van der Waals surface area contributed by atoms with Gasteiger partial charge in [0.05, 0.1) is 0 Å². The van der Waals surface area contributed by atoms with Gasteiger partial charge in [-0.25, -0.2) is 0 Å². The summed E-state index contributed by atoms with van der Waals surface area (Å²) in [6.07, 6.45) is 13.1. The Balaban J connectivity index is 3.02. The van der Waals surface area contributed by atoms with Gasteiger partial charge in [0.25, 0.3) is 0 Å². The largest absolute Gasteiger partial charge is 0.324 e. The number of rotatable bonds is 5. The summed E-state index contributed by atoms with van der Waals surface area (Å²) < 4.78 is 0.